The lowest BCUT2D eigenvalue weighted by atomic mass is 10.0. The monoisotopic (exact) mass is 1380 g/mol. The number of amides is 2. The molecule has 500 valence electrons. The van der Waals surface area contributed by atoms with E-state index in [9.17, 15) is 28.4 Å². The molecule has 7 N–H and O–H groups in total. The fourth-order valence-electron chi connectivity index (χ4n) is 5.75. The molecule has 1 aliphatic rings. The van der Waals surface area contributed by atoms with Crippen LogP contribution in [-0.4, -0.2) is 197 Å². The lowest BCUT2D eigenvalue weighted by molar-refractivity contribution is -0.143. The van der Waals surface area contributed by atoms with Crippen LogP contribution in [0.15, 0.2) is 24.9 Å². The van der Waals surface area contributed by atoms with E-state index in [0.717, 1.165) is 46.5 Å². The summed E-state index contributed by atoms with van der Waals surface area (Å²) in [7, 11) is 14.3. The van der Waals surface area contributed by atoms with Crippen LogP contribution >= 0.6 is 50.7 Å². The highest BCUT2D eigenvalue weighted by Gasteiger charge is 2.25. The summed E-state index contributed by atoms with van der Waals surface area (Å²) in [5.41, 5.74) is 19.0. The van der Waals surface area contributed by atoms with Crippen LogP contribution < -0.4 is 17.2 Å². The van der Waals surface area contributed by atoms with Gasteiger partial charge < -0.3 is 74.3 Å². The molecule has 0 bridgehead atoms. The van der Waals surface area contributed by atoms with Crippen molar-refractivity contribution >= 4 is 96.7 Å². The lowest BCUT2D eigenvalue weighted by Crippen LogP contribution is -2.33. The van der Waals surface area contributed by atoms with Gasteiger partial charge in [-0.3, -0.25) is 28.4 Å². The summed E-state index contributed by atoms with van der Waals surface area (Å²) >= 11 is 19.1. The number of carbonyl (C=O) groups is 5. The van der Waals surface area contributed by atoms with E-state index in [0.29, 0.717) is 31.5 Å². The number of nitrogens with zero attached hydrogens (tertiary/aromatic N) is 9. The van der Waals surface area contributed by atoms with Gasteiger partial charge in [-0.05, 0) is 88.3 Å². The number of nitriles is 2. The van der Waals surface area contributed by atoms with Crippen LogP contribution in [0.5, 0.6) is 0 Å². The Balaban J connectivity index is -0.000000299. The van der Waals surface area contributed by atoms with Gasteiger partial charge >= 0.3 is 0 Å². The van der Waals surface area contributed by atoms with Crippen molar-refractivity contribution in [3.8, 4) is 12.1 Å². The smallest absolute Gasteiger partial charge is 0.228 e. The number of hydrogen-bond donors (Lipinski definition) is 4. The number of fused-ring (bicyclic) bond motifs is 1. The van der Waals surface area contributed by atoms with Crippen LogP contribution in [0.1, 0.15) is 84.0 Å². The minimum Gasteiger partial charge on any atom is -0.383 e. The Labute approximate surface area is 539 Å². The summed E-state index contributed by atoms with van der Waals surface area (Å²) in [5, 5.41) is 18.5. The highest BCUT2D eigenvalue weighted by atomic mass is 79.9. The van der Waals surface area contributed by atoms with Crippen LogP contribution in [0.2, 0.25) is 15.9 Å². The minimum absolute atomic E-state index is 0.000000000000000444. The van der Waals surface area contributed by atoms with Gasteiger partial charge in [-0.1, -0.05) is 15.9 Å². The fraction of sp³-hybridized carbons (Fsp3) is 0.630. The van der Waals surface area contributed by atoms with Crippen LogP contribution in [0.4, 0.5) is 10.2 Å². The van der Waals surface area contributed by atoms with E-state index in [1.165, 1.54) is 68.4 Å². The average Bonchev–Trinajstić information content (AvgIpc) is 3.45. The molecule has 4 aromatic rings. The molecule has 34 heteroatoms. The first kappa shape index (κ1) is 88.7. The van der Waals surface area contributed by atoms with E-state index in [2.05, 4.69) is 61.5 Å². The molecule has 4 aromatic heterocycles. The molecule has 1 saturated heterocycles. The number of aromatic amines is 1. The van der Waals surface area contributed by atoms with E-state index in [-0.39, 0.29) is 64.9 Å². The molecule has 1 fully saturated rings. The fourth-order valence-corrected chi connectivity index (χ4v) is 6.89. The first-order valence-corrected chi connectivity index (χ1v) is 28.1. The van der Waals surface area contributed by atoms with E-state index in [4.69, 9.17) is 110 Å². The molecule has 0 radical (unpaired) electrons. The summed E-state index contributed by atoms with van der Waals surface area (Å²) in [4.78, 5) is 81.8. The maximum Gasteiger partial charge on any atom is 0.228 e. The van der Waals surface area contributed by atoms with Gasteiger partial charge in [-0.25, -0.2) is 19.9 Å². The number of carbonyl (C=O) groups excluding carboxylic acids is 5. The Morgan fingerprint density at radius 3 is 1.45 bits per heavy atom. The zero-order chi connectivity index (χ0) is 69.3. The Morgan fingerprint density at radius 2 is 1.15 bits per heavy atom. The number of ketones is 3. The number of H-pyrrole nitrogens is 1. The topological polar surface area (TPSA) is 419 Å². The average molecular weight is 1380 g/mol. The van der Waals surface area contributed by atoms with Crippen LogP contribution in [-0.2, 0) is 82.5 Å². The first-order chi connectivity index (χ1) is 42.1. The van der Waals surface area contributed by atoms with Crippen LogP contribution in [0.25, 0.3) is 11.0 Å². The Kier molecular flexibility index (Phi) is 60.7. The van der Waals surface area contributed by atoms with E-state index in [1.54, 1.807) is 49.0 Å². The third-order valence-electron chi connectivity index (χ3n) is 10.5. The van der Waals surface area contributed by atoms with Gasteiger partial charge in [0.1, 0.15) is 53.3 Å². The molecule has 5 heterocycles. The number of rotatable bonds is 24. The van der Waals surface area contributed by atoms with E-state index < -0.39 is 43.4 Å². The van der Waals surface area contributed by atoms with Crippen LogP contribution in [0, 0.1) is 48.3 Å². The lowest BCUT2D eigenvalue weighted by Gasteiger charge is -2.16. The number of primary amides is 2. The Morgan fingerprint density at radius 1 is 0.705 bits per heavy atom. The summed E-state index contributed by atoms with van der Waals surface area (Å²) in [5.74, 6) is -2.80. The number of nitrogens with two attached hydrogens (primary N) is 3. The molecule has 2 unspecified atom stereocenters. The number of nitrogen functional groups attached to an aromatic ring is 1. The molecule has 0 aromatic carbocycles. The number of hydrogen-bond acceptors (Lipinski definition) is 26. The summed E-state index contributed by atoms with van der Waals surface area (Å²) in [6.07, 6.45) is 7.77. The van der Waals surface area contributed by atoms with E-state index >= 15 is 0 Å². The van der Waals surface area contributed by atoms with Gasteiger partial charge in [0.2, 0.25) is 27.7 Å². The van der Waals surface area contributed by atoms with Crippen molar-refractivity contribution in [3.63, 3.8) is 0 Å². The second-order valence-corrected chi connectivity index (χ2v) is 18.4. The molecule has 2 atom stereocenters. The molecule has 0 saturated carbocycles. The quantitative estimate of drug-likeness (QED) is 0.0319. The maximum absolute atomic E-state index is 10.9. The number of nitrogens with one attached hydrogen (secondary N) is 1. The second-order valence-electron chi connectivity index (χ2n) is 16.7. The molecule has 0 aliphatic carbocycles. The maximum atomic E-state index is 10.9. The van der Waals surface area contributed by atoms with Crippen molar-refractivity contribution in [1.82, 2.24) is 39.9 Å². The van der Waals surface area contributed by atoms with Crippen molar-refractivity contribution < 1.29 is 81.8 Å². The molecule has 0 spiro atoms. The van der Waals surface area contributed by atoms with Gasteiger partial charge in [-0.2, -0.15) is 25.5 Å². The van der Waals surface area contributed by atoms with Crippen molar-refractivity contribution in [2.75, 3.05) is 103 Å². The molecule has 5 rings (SSSR count). The van der Waals surface area contributed by atoms with Gasteiger partial charge in [-0.15, -0.1) is 0 Å². The largest absolute Gasteiger partial charge is 0.383 e. The Bertz CT molecular complexity index is 2460. The number of Topliss-reactive ketones (excluding diaryl/α,β-unsaturated/α-hetero) is 3. The summed E-state index contributed by atoms with van der Waals surface area (Å²) in [6, 6.07) is 5.87. The predicted molar refractivity (Wildman–Crippen MR) is 330 cm³/mol. The molecular weight excluding hydrogens is 1290 g/mol. The number of methoxy groups -OCH3 is 10. The third kappa shape index (κ3) is 49.2. The second kappa shape index (κ2) is 60.2. The third-order valence-corrected chi connectivity index (χ3v) is 11.5. The number of alkyl halides is 2. The highest BCUT2D eigenvalue weighted by Crippen LogP contribution is 2.16. The van der Waals surface area contributed by atoms with Crippen molar-refractivity contribution in [3.05, 3.63) is 57.7 Å². The molecule has 1 aliphatic heterocycles. The molecule has 29 nitrogen and oxygen atoms in total. The normalized spacial score (nSPS) is 11.6. The van der Waals surface area contributed by atoms with Gasteiger partial charge in [0.15, 0.2) is 31.5 Å². The van der Waals surface area contributed by atoms with Gasteiger partial charge in [0.25, 0.3) is 0 Å². The van der Waals surface area contributed by atoms with Crippen molar-refractivity contribution in [2.24, 2.45) is 23.3 Å². The molecule has 88 heavy (non-hydrogen) atoms. The van der Waals surface area contributed by atoms with Gasteiger partial charge in [0.05, 0.1) is 38.1 Å². The predicted octanol–water partition coefficient (Wildman–Crippen LogP) is 6.78. The number of halogens is 5. The van der Waals surface area contributed by atoms with Gasteiger partial charge in [0, 0.05) is 139 Å². The van der Waals surface area contributed by atoms with Crippen molar-refractivity contribution in [2.45, 2.75) is 117 Å². The molecular formula is C54H88BrCl3FN13O16. The SMILES string of the molecule is C1CCOC1.CC(=O)CC(N)=O.COC(CBr)OC.COC(CC(C#N)C(C)=O)OC.COC(CC(C(C)=O)C(N)=O)OC.COC(CCC#N)OC.COC(Cc1c(C)ncnc1N)OC.Cc1ncnc2[nH]ccc12.Clc1nc(Cl)nc(Cl)n1.[2H]CF. The minimum atomic E-state index is -1.00. The number of aromatic nitrogens is 8. The number of anilines is 1. The highest BCUT2D eigenvalue weighted by molar-refractivity contribution is 9.09. The first-order valence-electron chi connectivity index (χ1n) is 26.5. The van der Waals surface area contributed by atoms with Crippen LogP contribution in [0.3, 0.4) is 0 Å². The summed E-state index contributed by atoms with van der Waals surface area (Å²) in [6.45, 7) is 9.88. The number of aryl methyl sites for hydroxylation is 2. The van der Waals surface area contributed by atoms with Crippen molar-refractivity contribution in [1.29, 1.82) is 10.5 Å². The zero-order valence-corrected chi connectivity index (χ0v) is 56.4. The standard InChI is InChI=1S/C9H15N3O2.C8H15NO4.C8H13NO3.C7H7N3.C6H11NO2.C4H9BrO2.C4H7NO2.C4H8O.C3Cl3N3.CH3F/c1-6-7(4-8(13-2)14-3)9(10)12-5-11-6;1-5(10)6(8(9)11)4-7(12-2)13-3;1-6(10)7(5-9)4-8(11-2)12-3;1-5-6-2-3-8-7(6)10-4-9-5;1-8-6(9-2)4-3-5-7;1-6-4(3-5)7-2;1-3(6)2-4(5)7;1-2-4-5-3-1;4-1-7-2(5)9-3(6)8-1;1-2/h5,8H,4H2,1-3H3,(H2,10,11,12);6-7H,4H2,1-3H3,(H2,9,11);7-8H,4H2,1-3H3;2-4H,1H3,(H,8,9,10);6H,3-4H2,1-2H3;4H,3H2,1-2H3;2H2,1H3,(H2,5,7);1-4H2;;1H3/i;;;;;;;;;1D. The number of ether oxygens (including phenoxy) is 11. The van der Waals surface area contributed by atoms with E-state index in [1.807, 2.05) is 38.2 Å². The molecule has 2 amide bonds. The zero-order valence-electron chi connectivity index (χ0n) is 53.5. The summed E-state index contributed by atoms with van der Waals surface area (Å²) < 4.78 is 69.2. The Hall–Kier alpha value is -5.72.